The Labute approximate surface area is 95.6 Å². The Morgan fingerprint density at radius 2 is 1.27 bits per heavy atom. The van der Waals surface area contributed by atoms with Gasteiger partial charge in [-0.3, -0.25) is 0 Å². The van der Waals surface area contributed by atoms with Crippen molar-refractivity contribution >= 4 is 37.2 Å². The molecule has 0 amide bonds. The van der Waals surface area contributed by atoms with Crippen LogP contribution in [0.3, 0.4) is 0 Å². The van der Waals surface area contributed by atoms with E-state index in [1.54, 1.807) is 0 Å². The fourth-order valence-corrected chi connectivity index (χ4v) is 0. The highest BCUT2D eigenvalue weighted by Crippen LogP contribution is 1.89. The van der Waals surface area contributed by atoms with E-state index in [0.29, 0.717) is 0 Å². The molecule has 0 saturated carbocycles. The second kappa shape index (κ2) is 30.1. The summed E-state index contributed by atoms with van der Waals surface area (Å²) in [6, 6.07) is 0. The number of nitrogens with zero attached hydrogens (tertiary/aromatic N) is 1. The molecule has 2 nitrogen and oxygen atoms in total. The predicted octanol–water partition coefficient (Wildman–Crippen LogP) is 2.94. The number of hydrogen-bond acceptors (Lipinski definition) is 2. The fourth-order valence-electron chi connectivity index (χ4n) is 0. The van der Waals surface area contributed by atoms with Gasteiger partial charge in [0, 0.05) is 37.2 Å². The normalized spacial score (nSPS) is 6.55. The number of nitrogens with two attached hydrogens (primary N) is 1. The van der Waals surface area contributed by atoms with Crippen molar-refractivity contribution in [2.75, 3.05) is 27.2 Å². The lowest BCUT2D eigenvalue weighted by Gasteiger charge is -2.00. The first kappa shape index (κ1) is 22.8. The largest absolute Gasteiger partial charge is 0.331 e. The minimum atomic E-state index is 0. The lowest BCUT2D eigenvalue weighted by atomic mass is 10.7. The zero-order chi connectivity index (χ0) is 8.99. The molecule has 2 N–H and O–H groups in total. The first-order valence-electron chi connectivity index (χ1n) is 3.18. The molecule has 0 unspecified atom stereocenters. The van der Waals surface area contributed by atoms with Crippen molar-refractivity contribution in [3.63, 3.8) is 0 Å². The van der Waals surface area contributed by atoms with Crippen molar-refractivity contribution < 1.29 is 0 Å². The van der Waals surface area contributed by atoms with Gasteiger partial charge in [0.25, 0.3) is 0 Å². The highest BCUT2D eigenvalue weighted by atomic mass is 128. The highest BCUT2D eigenvalue weighted by molar-refractivity contribution is 15.0. The van der Waals surface area contributed by atoms with Gasteiger partial charge in [-0.1, -0.05) is 21.3 Å². The average molecular weight is 388 g/mol. The lowest BCUT2D eigenvalue weighted by Crippen LogP contribution is -2.08. The minimum Gasteiger partial charge on any atom is -0.331 e. The summed E-state index contributed by atoms with van der Waals surface area (Å²) in [6.45, 7) is 5.92. The summed E-state index contributed by atoms with van der Waals surface area (Å²) in [5, 5.41) is 0. The van der Waals surface area contributed by atoms with E-state index in [1.807, 2.05) is 6.92 Å². The summed E-state index contributed by atoms with van der Waals surface area (Å²) in [5.74, 6) is 0. The highest BCUT2D eigenvalue weighted by Gasteiger charge is 1.72. The van der Waals surface area contributed by atoms with Crippen LogP contribution in [0.15, 0.2) is 0 Å². The van der Waals surface area contributed by atoms with Gasteiger partial charge in [-0.2, -0.15) is 0 Å². The van der Waals surface area contributed by atoms with Crippen molar-refractivity contribution in [2.45, 2.75) is 21.3 Å². The topological polar surface area (TPSA) is 29.3 Å². The predicted molar refractivity (Wildman–Crippen MR) is 73.7 cm³/mol. The molecule has 0 aromatic heterocycles. The molecule has 0 aliphatic rings. The van der Waals surface area contributed by atoms with Crippen LogP contribution in [0.2, 0.25) is 0 Å². The molecule has 0 rings (SSSR count). The van der Waals surface area contributed by atoms with E-state index in [2.05, 4.69) is 63.2 Å². The van der Waals surface area contributed by atoms with Crippen molar-refractivity contribution in [3.05, 3.63) is 0 Å². The van der Waals surface area contributed by atoms with Crippen LogP contribution in [0.4, 0.5) is 0 Å². The monoisotopic (exact) mass is 388 g/mol. The SMILES string of the molecule is C.CCN.CCN(C)C.II. The second-order valence-electron chi connectivity index (χ2n) is 1.80. The zero-order valence-corrected chi connectivity index (χ0v) is 11.5. The van der Waals surface area contributed by atoms with E-state index in [9.17, 15) is 0 Å². The van der Waals surface area contributed by atoms with E-state index in [1.165, 1.54) is 0 Å². The third kappa shape index (κ3) is 87.6. The summed E-state index contributed by atoms with van der Waals surface area (Å²) in [5.41, 5.74) is 4.85. The molecule has 0 spiro atoms. The van der Waals surface area contributed by atoms with Gasteiger partial charge in [-0.05, 0) is 27.2 Å². The van der Waals surface area contributed by atoms with Crippen LogP contribution in [0.5, 0.6) is 0 Å². The summed E-state index contributed by atoms with van der Waals surface area (Å²) in [7, 11) is 4.11. The smallest absolute Gasteiger partial charge is 0 e. The molecule has 0 radical (unpaired) electrons. The molecule has 0 heterocycles. The Morgan fingerprint density at radius 3 is 1.27 bits per heavy atom. The molecule has 0 aliphatic heterocycles. The molecule has 74 valence electrons. The van der Waals surface area contributed by atoms with Crippen LogP contribution < -0.4 is 5.73 Å². The molecular weight excluding hydrogens is 366 g/mol. The summed E-state index contributed by atoms with van der Waals surface area (Å²) < 4.78 is 0. The quantitative estimate of drug-likeness (QED) is 0.701. The van der Waals surface area contributed by atoms with Crippen molar-refractivity contribution in [1.29, 1.82) is 0 Å². The van der Waals surface area contributed by atoms with Crippen LogP contribution in [-0.4, -0.2) is 32.1 Å². The van der Waals surface area contributed by atoms with Gasteiger partial charge in [-0.15, -0.1) is 0 Å². The Hall–Kier alpha value is 1.38. The van der Waals surface area contributed by atoms with Crippen LogP contribution >= 0.6 is 37.2 Å². The van der Waals surface area contributed by atoms with E-state index in [4.69, 9.17) is 5.73 Å². The van der Waals surface area contributed by atoms with Crippen molar-refractivity contribution in [3.8, 4) is 0 Å². The molecule has 0 bridgehead atoms. The van der Waals surface area contributed by atoms with Gasteiger partial charge >= 0.3 is 0 Å². The second-order valence-corrected chi connectivity index (χ2v) is 1.80. The maximum Gasteiger partial charge on any atom is 0 e. The summed E-state index contributed by atoms with van der Waals surface area (Å²) in [4.78, 5) is 2.12. The summed E-state index contributed by atoms with van der Waals surface area (Å²) >= 11 is 4.24. The van der Waals surface area contributed by atoms with Crippen molar-refractivity contribution in [1.82, 2.24) is 4.90 Å². The standard InChI is InChI=1S/C4H11N.C2H7N.CH4.I2/c1-4-5(2)3;1-2-3;;1-2/h4H2,1-3H3;2-3H2,1H3;1H4;. The lowest BCUT2D eigenvalue weighted by molar-refractivity contribution is 0.434. The number of hydrogen-bond donors (Lipinski definition) is 1. The van der Waals surface area contributed by atoms with Crippen LogP contribution in [-0.2, 0) is 0 Å². The molecule has 0 atom stereocenters. The molecular formula is C7H22I2N2. The first-order chi connectivity index (χ1) is 4.68. The fraction of sp³-hybridized carbons (Fsp3) is 1.00. The molecule has 11 heavy (non-hydrogen) atoms. The van der Waals surface area contributed by atoms with Crippen molar-refractivity contribution in [2.24, 2.45) is 5.73 Å². The Morgan fingerprint density at radius 1 is 1.18 bits per heavy atom. The third-order valence-electron chi connectivity index (χ3n) is 0.632. The maximum absolute atomic E-state index is 4.85. The van der Waals surface area contributed by atoms with Gasteiger partial charge in [-0.25, -0.2) is 0 Å². The van der Waals surface area contributed by atoms with E-state index >= 15 is 0 Å². The Bertz CT molecular complexity index is 35.6. The van der Waals surface area contributed by atoms with Gasteiger partial charge in [0.1, 0.15) is 0 Å². The average Bonchev–Trinajstić information content (AvgIpc) is 1.94. The number of rotatable bonds is 1. The number of halogens is 2. The van der Waals surface area contributed by atoms with Crippen LogP contribution in [0.1, 0.15) is 21.3 Å². The van der Waals surface area contributed by atoms with Crippen LogP contribution in [0.25, 0.3) is 0 Å². The Kier molecular flexibility index (Phi) is 62.5. The van der Waals surface area contributed by atoms with Gasteiger partial charge in [0.2, 0.25) is 0 Å². The Balaban J connectivity index is -0.0000000360. The summed E-state index contributed by atoms with van der Waals surface area (Å²) in [6.07, 6.45) is 0. The van der Waals surface area contributed by atoms with Gasteiger partial charge < -0.3 is 10.6 Å². The maximum atomic E-state index is 4.85. The van der Waals surface area contributed by atoms with E-state index in [-0.39, 0.29) is 7.43 Å². The zero-order valence-electron chi connectivity index (χ0n) is 7.19. The molecule has 0 fully saturated rings. The van der Waals surface area contributed by atoms with Crippen LogP contribution in [0, 0.1) is 0 Å². The van der Waals surface area contributed by atoms with Gasteiger partial charge in [0.15, 0.2) is 0 Å². The molecule has 0 aromatic rings. The van der Waals surface area contributed by atoms with Gasteiger partial charge in [0.05, 0.1) is 0 Å². The minimum absolute atomic E-state index is 0. The first-order valence-corrected chi connectivity index (χ1v) is 9.46. The third-order valence-corrected chi connectivity index (χ3v) is 0.632. The molecule has 0 aliphatic carbocycles. The molecule has 0 aromatic carbocycles. The molecule has 0 saturated heterocycles. The van der Waals surface area contributed by atoms with E-state index in [0.717, 1.165) is 13.1 Å². The molecule has 4 heteroatoms. The van der Waals surface area contributed by atoms with E-state index < -0.39 is 0 Å².